The number of phenols is 1. The predicted molar refractivity (Wildman–Crippen MR) is 90.5 cm³/mol. The third kappa shape index (κ3) is 2.45. The van der Waals surface area contributed by atoms with Gasteiger partial charge in [0.05, 0.1) is 6.21 Å². The van der Waals surface area contributed by atoms with Crippen LogP contribution in [0.25, 0.3) is 11.2 Å². The van der Waals surface area contributed by atoms with Crippen molar-refractivity contribution in [3.63, 3.8) is 0 Å². The van der Waals surface area contributed by atoms with Gasteiger partial charge in [0.2, 0.25) is 5.95 Å². The smallest absolute Gasteiger partial charge is 0.332 e. The largest absolute Gasteiger partial charge is 0.508 e. The number of aromatic nitrogens is 4. The Bertz CT molecular complexity index is 1070. The van der Waals surface area contributed by atoms with Gasteiger partial charge in [0.25, 0.3) is 5.56 Å². The topological polar surface area (TPSA) is 106 Å². The molecule has 3 aromatic rings. The first-order valence-electron chi connectivity index (χ1n) is 7.10. The van der Waals surface area contributed by atoms with Crippen molar-refractivity contribution in [3.05, 3.63) is 50.7 Å². The predicted octanol–water partition coefficient (Wildman–Crippen LogP) is 0.122. The van der Waals surface area contributed by atoms with Crippen molar-refractivity contribution in [2.24, 2.45) is 26.2 Å². The Morgan fingerprint density at radius 3 is 2.62 bits per heavy atom. The van der Waals surface area contributed by atoms with Gasteiger partial charge < -0.3 is 9.67 Å². The summed E-state index contributed by atoms with van der Waals surface area (Å²) >= 11 is 0. The molecular formula is C15H16N6O3. The molecule has 0 unspecified atom stereocenters. The summed E-state index contributed by atoms with van der Waals surface area (Å²) in [6.07, 6.45) is 1.51. The standard InChI is InChI=1S/C15H16N6O3/c1-19-11-12(20(2)15(24)21(3)13(11)23)17-14(19)18-16-8-9-5-4-6-10(22)7-9/h4-8,22H,1-3H3,(H,17,18)/b16-8-. The number of fused-ring (bicyclic) bond motifs is 1. The number of rotatable bonds is 3. The molecule has 0 aliphatic carbocycles. The molecule has 2 heterocycles. The van der Waals surface area contributed by atoms with Gasteiger partial charge in [-0.2, -0.15) is 10.1 Å². The van der Waals surface area contributed by atoms with Crippen LogP contribution in [0.15, 0.2) is 39.0 Å². The fourth-order valence-electron chi connectivity index (χ4n) is 2.39. The molecule has 3 rings (SSSR count). The van der Waals surface area contributed by atoms with Crippen molar-refractivity contribution in [3.8, 4) is 5.75 Å². The number of aromatic hydroxyl groups is 1. The Hall–Kier alpha value is -3.36. The molecule has 0 spiro atoms. The molecule has 0 radical (unpaired) electrons. The second-order valence-corrected chi connectivity index (χ2v) is 5.34. The Morgan fingerprint density at radius 2 is 1.92 bits per heavy atom. The summed E-state index contributed by atoms with van der Waals surface area (Å²) in [5, 5.41) is 13.5. The van der Waals surface area contributed by atoms with Crippen LogP contribution in [0.3, 0.4) is 0 Å². The second-order valence-electron chi connectivity index (χ2n) is 5.34. The van der Waals surface area contributed by atoms with Gasteiger partial charge in [-0.25, -0.2) is 10.2 Å². The summed E-state index contributed by atoms with van der Waals surface area (Å²) in [6.45, 7) is 0. The molecule has 9 heteroatoms. The molecule has 1 aromatic carbocycles. The number of phenolic OH excluding ortho intramolecular Hbond substituents is 1. The monoisotopic (exact) mass is 328 g/mol. The molecular weight excluding hydrogens is 312 g/mol. The van der Waals surface area contributed by atoms with Crippen LogP contribution >= 0.6 is 0 Å². The van der Waals surface area contributed by atoms with E-state index in [0.29, 0.717) is 17.0 Å². The lowest BCUT2D eigenvalue weighted by Gasteiger charge is -2.03. The average Bonchev–Trinajstić information content (AvgIpc) is 2.88. The molecule has 24 heavy (non-hydrogen) atoms. The van der Waals surface area contributed by atoms with E-state index in [1.54, 1.807) is 38.4 Å². The van der Waals surface area contributed by atoms with E-state index < -0.39 is 11.2 Å². The third-order valence-corrected chi connectivity index (χ3v) is 3.72. The molecule has 9 nitrogen and oxygen atoms in total. The van der Waals surface area contributed by atoms with Gasteiger partial charge in [-0.3, -0.25) is 13.9 Å². The van der Waals surface area contributed by atoms with E-state index in [2.05, 4.69) is 15.5 Å². The Balaban J connectivity index is 2.01. The van der Waals surface area contributed by atoms with E-state index >= 15 is 0 Å². The van der Waals surface area contributed by atoms with Gasteiger partial charge in [0.15, 0.2) is 11.2 Å². The van der Waals surface area contributed by atoms with Crippen molar-refractivity contribution in [1.82, 2.24) is 18.7 Å². The van der Waals surface area contributed by atoms with Crippen LogP contribution < -0.4 is 16.7 Å². The highest BCUT2D eigenvalue weighted by Gasteiger charge is 2.16. The van der Waals surface area contributed by atoms with Crippen LogP contribution in [0.2, 0.25) is 0 Å². The van der Waals surface area contributed by atoms with Crippen molar-refractivity contribution >= 4 is 23.3 Å². The normalized spacial score (nSPS) is 11.5. The number of imidazole rings is 1. The maximum atomic E-state index is 12.3. The van der Waals surface area contributed by atoms with Crippen molar-refractivity contribution in [2.75, 3.05) is 5.43 Å². The second kappa shape index (κ2) is 5.69. The molecule has 0 saturated carbocycles. The zero-order valence-corrected chi connectivity index (χ0v) is 13.4. The number of anilines is 1. The summed E-state index contributed by atoms with van der Waals surface area (Å²) in [5.74, 6) is 0.458. The van der Waals surface area contributed by atoms with E-state index in [9.17, 15) is 14.7 Å². The van der Waals surface area contributed by atoms with Crippen LogP contribution in [0.1, 0.15) is 5.56 Å². The molecule has 2 aromatic heterocycles. The van der Waals surface area contributed by atoms with Crippen molar-refractivity contribution < 1.29 is 5.11 Å². The molecule has 0 aliphatic heterocycles. The number of hydrazone groups is 1. The minimum Gasteiger partial charge on any atom is -0.508 e. The Labute approximate surface area is 136 Å². The number of nitrogens with zero attached hydrogens (tertiary/aromatic N) is 5. The van der Waals surface area contributed by atoms with E-state index in [0.717, 1.165) is 4.57 Å². The van der Waals surface area contributed by atoms with Gasteiger partial charge in [0, 0.05) is 21.1 Å². The maximum absolute atomic E-state index is 12.3. The van der Waals surface area contributed by atoms with Gasteiger partial charge in [0.1, 0.15) is 5.75 Å². The Morgan fingerprint density at radius 1 is 1.17 bits per heavy atom. The number of nitrogens with one attached hydrogen (secondary N) is 1. The molecule has 0 fully saturated rings. The molecule has 124 valence electrons. The highest BCUT2D eigenvalue weighted by atomic mass is 16.3. The van der Waals surface area contributed by atoms with E-state index in [-0.39, 0.29) is 11.4 Å². The number of hydrogen-bond donors (Lipinski definition) is 2. The summed E-state index contributed by atoms with van der Waals surface area (Å²) in [5.41, 5.74) is 3.15. The van der Waals surface area contributed by atoms with Gasteiger partial charge in [-0.05, 0) is 17.7 Å². The molecule has 0 atom stereocenters. The number of benzene rings is 1. The lowest BCUT2D eigenvalue weighted by molar-refractivity contribution is 0.475. The quantitative estimate of drug-likeness (QED) is 0.525. The van der Waals surface area contributed by atoms with E-state index in [1.807, 2.05) is 0 Å². The van der Waals surface area contributed by atoms with E-state index in [4.69, 9.17) is 0 Å². The van der Waals surface area contributed by atoms with Crippen LogP contribution in [-0.2, 0) is 21.1 Å². The van der Waals surface area contributed by atoms with Crippen LogP contribution in [0.4, 0.5) is 5.95 Å². The number of aryl methyl sites for hydroxylation is 2. The van der Waals surface area contributed by atoms with Crippen LogP contribution in [-0.4, -0.2) is 30.0 Å². The van der Waals surface area contributed by atoms with Crippen LogP contribution in [0, 0.1) is 0 Å². The minimum atomic E-state index is -0.444. The van der Waals surface area contributed by atoms with Gasteiger partial charge >= 0.3 is 5.69 Å². The lowest BCUT2D eigenvalue weighted by atomic mass is 10.2. The molecule has 0 saturated heterocycles. The average molecular weight is 328 g/mol. The lowest BCUT2D eigenvalue weighted by Crippen LogP contribution is -2.37. The first-order valence-corrected chi connectivity index (χ1v) is 7.10. The van der Waals surface area contributed by atoms with Crippen molar-refractivity contribution in [1.29, 1.82) is 0 Å². The van der Waals surface area contributed by atoms with E-state index in [1.165, 1.54) is 22.4 Å². The van der Waals surface area contributed by atoms with Gasteiger partial charge in [-0.15, -0.1) is 0 Å². The zero-order valence-electron chi connectivity index (χ0n) is 13.4. The summed E-state index contributed by atoms with van der Waals surface area (Å²) in [6, 6.07) is 6.59. The van der Waals surface area contributed by atoms with Gasteiger partial charge in [-0.1, -0.05) is 12.1 Å². The molecule has 0 bridgehead atoms. The maximum Gasteiger partial charge on any atom is 0.332 e. The third-order valence-electron chi connectivity index (χ3n) is 3.72. The fraction of sp³-hybridized carbons (Fsp3) is 0.200. The first kappa shape index (κ1) is 15.5. The summed E-state index contributed by atoms with van der Waals surface area (Å²) < 4.78 is 3.88. The van der Waals surface area contributed by atoms with Crippen molar-refractivity contribution in [2.45, 2.75) is 0 Å². The summed E-state index contributed by atoms with van der Waals surface area (Å²) in [7, 11) is 4.63. The molecule has 2 N–H and O–H groups in total. The summed E-state index contributed by atoms with van der Waals surface area (Å²) in [4.78, 5) is 28.5. The fourth-order valence-corrected chi connectivity index (χ4v) is 2.39. The molecule has 0 amide bonds. The SMILES string of the molecule is Cn1c(=O)c2c(nc(N/N=C\c3cccc(O)c3)n2C)n(C)c1=O. The molecule has 0 aliphatic rings. The number of hydrogen-bond acceptors (Lipinski definition) is 6. The highest BCUT2D eigenvalue weighted by molar-refractivity contribution is 5.81. The minimum absolute atomic E-state index is 0.139. The Kier molecular flexibility index (Phi) is 3.68. The zero-order chi connectivity index (χ0) is 17.4. The highest BCUT2D eigenvalue weighted by Crippen LogP contribution is 2.13. The van der Waals surface area contributed by atoms with Crippen LogP contribution in [0.5, 0.6) is 5.75 Å². The first-order chi connectivity index (χ1) is 11.4.